The zero-order valence-corrected chi connectivity index (χ0v) is 10.1. The van der Waals surface area contributed by atoms with Gasteiger partial charge in [0.2, 0.25) is 0 Å². The van der Waals surface area contributed by atoms with Crippen molar-refractivity contribution in [1.29, 1.82) is 0 Å². The number of rotatable bonds is 3. The van der Waals surface area contributed by atoms with Crippen molar-refractivity contribution >= 4 is 15.9 Å². The van der Waals surface area contributed by atoms with Crippen molar-refractivity contribution in [2.45, 2.75) is 19.9 Å². The van der Waals surface area contributed by atoms with Gasteiger partial charge in [-0.3, -0.25) is 0 Å². The molecule has 0 saturated carbocycles. The second-order valence-corrected chi connectivity index (χ2v) is 4.27. The summed E-state index contributed by atoms with van der Waals surface area (Å²) in [6.45, 7) is 3.10. The Morgan fingerprint density at radius 1 is 1.27 bits per heavy atom. The maximum absolute atomic E-state index is 4.13. The summed E-state index contributed by atoms with van der Waals surface area (Å²) in [7, 11) is 0. The number of hydrogen-bond donors (Lipinski definition) is 0. The number of hydrogen-bond acceptors (Lipinski definition) is 2. The Bertz CT molecular complexity index is 433. The van der Waals surface area contributed by atoms with Crippen LogP contribution in [0, 0.1) is 0 Å². The molecule has 2 aromatic rings. The summed E-state index contributed by atoms with van der Waals surface area (Å²) in [6.07, 6.45) is 2.86. The lowest BCUT2D eigenvalue weighted by atomic mass is 10.2. The number of benzene rings is 1. The van der Waals surface area contributed by atoms with Crippen LogP contribution in [0.25, 0.3) is 11.4 Å². The summed E-state index contributed by atoms with van der Waals surface area (Å²) in [4.78, 5) is 0. The Labute approximate surface area is 97.3 Å². The minimum absolute atomic E-state index is 0.935. The third-order valence-electron chi connectivity index (χ3n) is 2.18. The molecule has 15 heavy (non-hydrogen) atoms. The van der Waals surface area contributed by atoms with Gasteiger partial charge in [0.25, 0.3) is 0 Å². The van der Waals surface area contributed by atoms with Crippen LogP contribution in [0.2, 0.25) is 0 Å². The molecule has 3 nitrogen and oxygen atoms in total. The van der Waals surface area contributed by atoms with E-state index in [4.69, 9.17) is 0 Å². The van der Waals surface area contributed by atoms with E-state index < -0.39 is 0 Å². The molecular formula is C11H12BrN3. The Morgan fingerprint density at radius 3 is 2.67 bits per heavy atom. The average Bonchev–Trinajstić information content (AvgIpc) is 2.68. The fourth-order valence-electron chi connectivity index (χ4n) is 1.48. The van der Waals surface area contributed by atoms with Gasteiger partial charge in [0.1, 0.15) is 6.33 Å². The number of aryl methyl sites for hydroxylation is 1. The molecule has 0 bridgehead atoms. The largest absolute Gasteiger partial charge is 0.314 e. The lowest BCUT2D eigenvalue weighted by Gasteiger charge is -2.04. The highest BCUT2D eigenvalue weighted by molar-refractivity contribution is 9.10. The predicted molar refractivity (Wildman–Crippen MR) is 63.4 cm³/mol. The van der Waals surface area contributed by atoms with Crippen LogP contribution in [-0.2, 0) is 6.54 Å². The first kappa shape index (κ1) is 10.4. The normalized spacial score (nSPS) is 10.5. The van der Waals surface area contributed by atoms with Crippen LogP contribution in [-0.4, -0.2) is 14.8 Å². The smallest absolute Gasteiger partial charge is 0.163 e. The Kier molecular flexibility index (Phi) is 3.16. The first-order valence-electron chi connectivity index (χ1n) is 4.95. The second kappa shape index (κ2) is 4.57. The maximum atomic E-state index is 4.13. The summed E-state index contributed by atoms with van der Waals surface area (Å²) < 4.78 is 3.15. The van der Waals surface area contributed by atoms with Crippen LogP contribution in [0.3, 0.4) is 0 Å². The highest BCUT2D eigenvalue weighted by atomic mass is 79.9. The first-order chi connectivity index (χ1) is 7.31. The lowest BCUT2D eigenvalue weighted by molar-refractivity contribution is 0.683. The molecule has 0 aliphatic carbocycles. The van der Waals surface area contributed by atoms with E-state index in [9.17, 15) is 0 Å². The van der Waals surface area contributed by atoms with Gasteiger partial charge < -0.3 is 4.57 Å². The van der Waals surface area contributed by atoms with Crippen molar-refractivity contribution in [1.82, 2.24) is 14.8 Å². The third-order valence-corrected chi connectivity index (χ3v) is 2.71. The molecule has 0 amide bonds. The monoisotopic (exact) mass is 265 g/mol. The van der Waals surface area contributed by atoms with E-state index in [-0.39, 0.29) is 0 Å². The van der Waals surface area contributed by atoms with Gasteiger partial charge in [-0.25, -0.2) is 0 Å². The lowest BCUT2D eigenvalue weighted by Crippen LogP contribution is -1.97. The van der Waals surface area contributed by atoms with E-state index in [1.807, 2.05) is 24.3 Å². The van der Waals surface area contributed by atoms with Crippen LogP contribution in [0.1, 0.15) is 13.3 Å². The van der Waals surface area contributed by atoms with Crippen molar-refractivity contribution in [2.75, 3.05) is 0 Å². The predicted octanol–water partition coefficient (Wildman–Crippen LogP) is 3.12. The standard InChI is InChI=1S/C11H12BrN3/c1-2-7-15-8-13-14-11(15)9-3-5-10(12)6-4-9/h3-6,8H,2,7H2,1H3. The molecule has 0 aliphatic rings. The quantitative estimate of drug-likeness (QED) is 0.854. The maximum Gasteiger partial charge on any atom is 0.163 e. The molecule has 0 radical (unpaired) electrons. The van der Waals surface area contributed by atoms with Gasteiger partial charge in [0.15, 0.2) is 5.82 Å². The highest BCUT2D eigenvalue weighted by Crippen LogP contribution is 2.19. The number of nitrogens with zero attached hydrogens (tertiary/aromatic N) is 3. The molecule has 0 atom stereocenters. The van der Waals surface area contributed by atoms with Gasteiger partial charge in [-0.1, -0.05) is 35.0 Å². The van der Waals surface area contributed by atoms with Crippen LogP contribution in [0.5, 0.6) is 0 Å². The second-order valence-electron chi connectivity index (χ2n) is 3.35. The summed E-state index contributed by atoms with van der Waals surface area (Å²) in [6, 6.07) is 8.11. The Morgan fingerprint density at radius 2 is 2.00 bits per heavy atom. The molecule has 78 valence electrons. The molecule has 0 fully saturated rings. The van der Waals surface area contributed by atoms with Crippen molar-refractivity contribution < 1.29 is 0 Å². The molecule has 0 unspecified atom stereocenters. The Hall–Kier alpha value is -1.16. The van der Waals surface area contributed by atoms with Crippen molar-refractivity contribution in [3.8, 4) is 11.4 Å². The molecule has 0 N–H and O–H groups in total. The van der Waals surface area contributed by atoms with E-state index in [1.54, 1.807) is 6.33 Å². The molecular weight excluding hydrogens is 254 g/mol. The van der Waals surface area contributed by atoms with Gasteiger partial charge in [-0.05, 0) is 18.6 Å². The topological polar surface area (TPSA) is 30.7 Å². The molecule has 1 heterocycles. The Balaban J connectivity index is 2.36. The van der Waals surface area contributed by atoms with Gasteiger partial charge in [0.05, 0.1) is 0 Å². The van der Waals surface area contributed by atoms with Gasteiger partial charge >= 0.3 is 0 Å². The summed E-state index contributed by atoms with van der Waals surface area (Å²) in [5, 5.41) is 8.07. The molecule has 0 saturated heterocycles. The summed E-state index contributed by atoms with van der Waals surface area (Å²) in [5.74, 6) is 0.935. The van der Waals surface area contributed by atoms with E-state index in [2.05, 4.69) is 37.6 Å². The highest BCUT2D eigenvalue weighted by Gasteiger charge is 2.05. The van der Waals surface area contributed by atoms with E-state index >= 15 is 0 Å². The molecule has 4 heteroatoms. The number of halogens is 1. The first-order valence-corrected chi connectivity index (χ1v) is 5.74. The zero-order valence-electron chi connectivity index (χ0n) is 8.52. The average molecular weight is 266 g/mol. The van der Waals surface area contributed by atoms with E-state index in [1.165, 1.54) is 0 Å². The zero-order chi connectivity index (χ0) is 10.7. The van der Waals surface area contributed by atoms with Gasteiger partial charge in [-0.15, -0.1) is 10.2 Å². The van der Waals surface area contributed by atoms with E-state index in [0.29, 0.717) is 0 Å². The summed E-state index contributed by atoms with van der Waals surface area (Å²) >= 11 is 3.42. The SMILES string of the molecule is CCCn1cnnc1-c1ccc(Br)cc1. The van der Waals surface area contributed by atoms with Crippen molar-refractivity contribution in [3.05, 3.63) is 35.1 Å². The molecule has 0 spiro atoms. The third kappa shape index (κ3) is 2.26. The van der Waals surface area contributed by atoms with Crippen LogP contribution in [0.15, 0.2) is 35.1 Å². The van der Waals surface area contributed by atoms with E-state index in [0.717, 1.165) is 28.8 Å². The molecule has 1 aromatic heterocycles. The van der Waals surface area contributed by atoms with Gasteiger partial charge in [-0.2, -0.15) is 0 Å². The van der Waals surface area contributed by atoms with Crippen molar-refractivity contribution in [3.63, 3.8) is 0 Å². The fourth-order valence-corrected chi connectivity index (χ4v) is 1.75. The van der Waals surface area contributed by atoms with Crippen LogP contribution >= 0.6 is 15.9 Å². The summed E-state index contributed by atoms with van der Waals surface area (Å²) in [5.41, 5.74) is 1.10. The van der Waals surface area contributed by atoms with Gasteiger partial charge in [0, 0.05) is 16.6 Å². The minimum atomic E-state index is 0.935. The molecule has 0 aliphatic heterocycles. The number of aromatic nitrogens is 3. The van der Waals surface area contributed by atoms with Crippen LogP contribution < -0.4 is 0 Å². The molecule has 2 rings (SSSR count). The van der Waals surface area contributed by atoms with Crippen LogP contribution in [0.4, 0.5) is 0 Å². The minimum Gasteiger partial charge on any atom is -0.314 e. The molecule has 1 aromatic carbocycles. The fraction of sp³-hybridized carbons (Fsp3) is 0.273. The van der Waals surface area contributed by atoms with Crippen molar-refractivity contribution in [2.24, 2.45) is 0 Å².